The van der Waals surface area contributed by atoms with Crippen LogP contribution in [0, 0.1) is 0 Å². The molecule has 1 heterocycles. The lowest BCUT2D eigenvalue weighted by Gasteiger charge is -2.21. The average Bonchev–Trinajstić information content (AvgIpc) is 2.90. The van der Waals surface area contributed by atoms with Gasteiger partial charge in [0.05, 0.1) is 6.10 Å². The van der Waals surface area contributed by atoms with Crippen LogP contribution in [0.5, 0.6) is 0 Å². The van der Waals surface area contributed by atoms with Gasteiger partial charge in [-0.25, -0.2) is 0 Å². The average molecular weight is 253 g/mol. The first-order chi connectivity index (χ1) is 9.31. The van der Waals surface area contributed by atoms with Crippen LogP contribution in [0.3, 0.4) is 0 Å². The molecule has 0 aliphatic heterocycles. The standard InChI is InChI=1S/C17H19NO/c1-2-12-6-3-4-8-14(12)17(19)15-10-9-13-7-5-11-18-16(13)15/h3-8,11,15,17,19H,2,9-10H2,1H3. The SMILES string of the molecule is CCc1ccccc1C(O)C1CCc2cccnc21. The molecule has 0 radical (unpaired) electrons. The van der Waals surface area contributed by atoms with Crippen LogP contribution in [-0.4, -0.2) is 10.1 Å². The van der Waals surface area contributed by atoms with E-state index in [1.807, 2.05) is 30.5 Å². The van der Waals surface area contributed by atoms with Gasteiger partial charge in [0.1, 0.15) is 0 Å². The van der Waals surface area contributed by atoms with Crippen LogP contribution < -0.4 is 0 Å². The highest BCUT2D eigenvalue weighted by Crippen LogP contribution is 2.41. The summed E-state index contributed by atoms with van der Waals surface area (Å²) in [5.41, 5.74) is 4.68. The second-order valence-corrected chi connectivity index (χ2v) is 5.19. The van der Waals surface area contributed by atoms with Crippen molar-refractivity contribution >= 4 is 0 Å². The smallest absolute Gasteiger partial charge is 0.0876 e. The summed E-state index contributed by atoms with van der Waals surface area (Å²) in [4.78, 5) is 4.48. The van der Waals surface area contributed by atoms with Gasteiger partial charge in [0, 0.05) is 17.8 Å². The van der Waals surface area contributed by atoms with E-state index in [0.29, 0.717) is 0 Å². The van der Waals surface area contributed by atoms with Crippen LogP contribution >= 0.6 is 0 Å². The number of hydrogen-bond donors (Lipinski definition) is 1. The van der Waals surface area contributed by atoms with E-state index in [-0.39, 0.29) is 5.92 Å². The summed E-state index contributed by atoms with van der Waals surface area (Å²) in [5.74, 6) is 0.142. The Hall–Kier alpha value is -1.67. The molecule has 0 bridgehead atoms. The molecule has 0 fully saturated rings. The molecule has 0 saturated heterocycles. The zero-order chi connectivity index (χ0) is 13.2. The van der Waals surface area contributed by atoms with Crippen molar-refractivity contribution in [3.63, 3.8) is 0 Å². The van der Waals surface area contributed by atoms with Crippen molar-refractivity contribution in [2.75, 3.05) is 0 Å². The van der Waals surface area contributed by atoms with E-state index in [1.54, 1.807) is 0 Å². The quantitative estimate of drug-likeness (QED) is 0.909. The Balaban J connectivity index is 1.95. The molecule has 3 rings (SSSR count). The van der Waals surface area contributed by atoms with Gasteiger partial charge in [-0.1, -0.05) is 37.3 Å². The number of aromatic nitrogens is 1. The fraction of sp³-hybridized carbons (Fsp3) is 0.353. The maximum Gasteiger partial charge on any atom is 0.0876 e. The van der Waals surface area contributed by atoms with Crippen molar-refractivity contribution in [1.82, 2.24) is 4.98 Å². The number of aryl methyl sites for hydroxylation is 2. The Kier molecular flexibility index (Phi) is 3.34. The zero-order valence-electron chi connectivity index (χ0n) is 11.2. The molecule has 1 aliphatic rings. The molecule has 2 nitrogen and oxygen atoms in total. The van der Waals surface area contributed by atoms with E-state index >= 15 is 0 Å². The maximum absolute atomic E-state index is 10.7. The number of hydrogen-bond acceptors (Lipinski definition) is 2. The molecular formula is C17H19NO. The van der Waals surface area contributed by atoms with Gasteiger partial charge in [-0.3, -0.25) is 4.98 Å². The second kappa shape index (κ2) is 5.14. The summed E-state index contributed by atoms with van der Waals surface area (Å²) in [5, 5.41) is 10.7. The van der Waals surface area contributed by atoms with E-state index in [2.05, 4.69) is 24.0 Å². The summed E-state index contributed by atoms with van der Waals surface area (Å²) in [6.07, 6.45) is 4.36. The highest BCUT2D eigenvalue weighted by atomic mass is 16.3. The van der Waals surface area contributed by atoms with Crippen molar-refractivity contribution in [2.24, 2.45) is 0 Å². The summed E-state index contributed by atoms with van der Waals surface area (Å²) in [7, 11) is 0. The molecule has 2 aromatic rings. The Bertz CT molecular complexity index is 579. The molecule has 1 aliphatic carbocycles. The number of nitrogens with zero attached hydrogens (tertiary/aromatic N) is 1. The summed E-state index contributed by atoms with van der Waals surface area (Å²) < 4.78 is 0. The maximum atomic E-state index is 10.7. The topological polar surface area (TPSA) is 33.1 Å². The number of pyridine rings is 1. The minimum atomic E-state index is -0.438. The van der Waals surface area contributed by atoms with Crippen molar-refractivity contribution in [3.8, 4) is 0 Å². The largest absolute Gasteiger partial charge is 0.388 e. The molecule has 1 aromatic heterocycles. The van der Waals surface area contributed by atoms with E-state index in [0.717, 1.165) is 30.5 Å². The van der Waals surface area contributed by atoms with Crippen molar-refractivity contribution in [3.05, 3.63) is 65.0 Å². The number of fused-ring (bicyclic) bond motifs is 1. The van der Waals surface area contributed by atoms with Gasteiger partial charge in [0.25, 0.3) is 0 Å². The third kappa shape index (κ3) is 2.17. The van der Waals surface area contributed by atoms with Crippen LogP contribution in [0.15, 0.2) is 42.6 Å². The van der Waals surface area contributed by atoms with E-state index in [9.17, 15) is 5.11 Å². The van der Waals surface area contributed by atoms with Gasteiger partial charge < -0.3 is 5.11 Å². The Morgan fingerprint density at radius 1 is 1.26 bits per heavy atom. The molecule has 0 saturated carbocycles. The van der Waals surface area contributed by atoms with Crippen LogP contribution in [-0.2, 0) is 12.8 Å². The van der Waals surface area contributed by atoms with Gasteiger partial charge in [-0.05, 0) is 42.0 Å². The summed E-state index contributed by atoms with van der Waals surface area (Å²) in [6, 6.07) is 12.3. The molecule has 0 spiro atoms. The van der Waals surface area contributed by atoms with Crippen LogP contribution in [0.4, 0.5) is 0 Å². The highest BCUT2D eigenvalue weighted by molar-refractivity contribution is 5.35. The van der Waals surface area contributed by atoms with Gasteiger partial charge in [-0.2, -0.15) is 0 Å². The number of aliphatic hydroxyl groups is 1. The fourth-order valence-corrected chi connectivity index (χ4v) is 3.11. The molecule has 2 atom stereocenters. The molecule has 98 valence electrons. The Morgan fingerprint density at radius 3 is 2.95 bits per heavy atom. The third-order valence-corrected chi connectivity index (χ3v) is 4.14. The van der Waals surface area contributed by atoms with E-state index in [4.69, 9.17) is 0 Å². The predicted octanol–water partition coefficient (Wildman–Crippen LogP) is 3.41. The second-order valence-electron chi connectivity index (χ2n) is 5.19. The first-order valence-corrected chi connectivity index (χ1v) is 7.01. The normalized spacial score (nSPS) is 19.2. The van der Waals surface area contributed by atoms with Crippen LogP contribution in [0.1, 0.15) is 47.8 Å². The fourth-order valence-electron chi connectivity index (χ4n) is 3.11. The minimum absolute atomic E-state index is 0.142. The molecule has 1 N–H and O–H groups in total. The number of rotatable bonds is 3. The number of aliphatic hydroxyl groups excluding tert-OH is 1. The first-order valence-electron chi connectivity index (χ1n) is 7.01. The molecular weight excluding hydrogens is 234 g/mol. The van der Waals surface area contributed by atoms with Gasteiger partial charge >= 0.3 is 0 Å². The monoisotopic (exact) mass is 253 g/mol. The van der Waals surface area contributed by atoms with E-state index < -0.39 is 6.10 Å². The van der Waals surface area contributed by atoms with E-state index in [1.165, 1.54) is 11.1 Å². The minimum Gasteiger partial charge on any atom is -0.388 e. The van der Waals surface area contributed by atoms with Crippen molar-refractivity contribution < 1.29 is 5.11 Å². The van der Waals surface area contributed by atoms with Crippen molar-refractivity contribution in [2.45, 2.75) is 38.2 Å². The van der Waals surface area contributed by atoms with Gasteiger partial charge in [0.15, 0.2) is 0 Å². The summed E-state index contributed by atoms with van der Waals surface area (Å²) >= 11 is 0. The molecule has 1 aromatic carbocycles. The first kappa shape index (κ1) is 12.4. The number of benzene rings is 1. The molecule has 2 unspecified atom stereocenters. The molecule has 19 heavy (non-hydrogen) atoms. The molecule has 2 heteroatoms. The highest BCUT2D eigenvalue weighted by Gasteiger charge is 2.31. The Morgan fingerprint density at radius 2 is 2.11 bits per heavy atom. The Labute approximate surface area is 114 Å². The lowest BCUT2D eigenvalue weighted by molar-refractivity contribution is 0.142. The summed E-state index contributed by atoms with van der Waals surface area (Å²) in [6.45, 7) is 2.13. The lowest BCUT2D eigenvalue weighted by Crippen LogP contribution is -2.11. The van der Waals surface area contributed by atoms with Crippen LogP contribution in [0.2, 0.25) is 0 Å². The third-order valence-electron chi connectivity index (χ3n) is 4.14. The van der Waals surface area contributed by atoms with Gasteiger partial charge in [-0.15, -0.1) is 0 Å². The lowest BCUT2D eigenvalue weighted by atomic mass is 9.90. The van der Waals surface area contributed by atoms with Crippen LogP contribution in [0.25, 0.3) is 0 Å². The molecule has 0 amide bonds. The predicted molar refractivity (Wildman–Crippen MR) is 76.1 cm³/mol. The van der Waals surface area contributed by atoms with Gasteiger partial charge in [0.2, 0.25) is 0 Å². The van der Waals surface area contributed by atoms with Crippen molar-refractivity contribution in [1.29, 1.82) is 0 Å². The zero-order valence-corrected chi connectivity index (χ0v) is 11.2.